The summed E-state index contributed by atoms with van der Waals surface area (Å²) in [6.07, 6.45) is 3.99. The summed E-state index contributed by atoms with van der Waals surface area (Å²) in [6, 6.07) is 19.8. The van der Waals surface area contributed by atoms with Crippen LogP contribution in [-0.4, -0.2) is 25.2 Å². The molecule has 0 aliphatic carbocycles. The van der Waals surface area contributed by atoms with Crippen LogP contribution in [0.2, 0.25) is 0 Å². The summed E-state index contributed by atoms with van der Waals surface area (Å²) in [5.74, 6) is 0.752. The Morgan fingerprint density at radius 3 is 2.38 bits per heavy atom. The van der Waals surface area contributed by atoms with E-state index in [4.69, 9.17) is 10.1 Å². The van der Waals surface area contributed by atoms with Gasteiger partial charge in [0.25, 0.3) is 5.91 Å². The van der Waals surface area contributed by atoms with E-state index in [0.717, 1.165) is 50.5 Å². The van der Waals surface area contributed by atoms with Gasteiger partial charge in [0.2, 0.25) is 0 Å². The van der Waals surface area contributed by atoms with Crippen molar-refractivity contribution < 1.29 is 4.79 Å². The second-order valence-electron chi connectivity index (χ2n) is 8.82. The maximum atomic E-state index is 12.8. The molecule has 1 N–H and O–H groups in total. The van der Waals surface area contributed by atoms with E-state index in [-0.39, 0.29) is 5.91 Å². The van der Waals surface area contributed by atoms with Crippen LogP contribution in [0.15, 0.2) is 73.1 Å². The molecule has 0 saturated heterocycles. The lowest BCUT2D eigenvalue weighted by Crippen LogP contribution is -2.13. The lowest BCUT2D eigenvalue weighted by Gasteiger charge is -2.10. The Hall–Kier alpha value is -4.19. The highest BCUT2D eigenvalue weighted by Gasteiger charge is 2.16. The molecule has 0 fully saturated rings. The maximum absolute atomic E-state index is 12.8. The van der Waals surface area contributed by atoms with Crippen LogP contribution in [0.1, 0.15) is 38.3 Å². The van der Waals surface area contributed by atoms with Crippen LogP contribution < -0.4 is 5.32 Å². The number of fused-ring (bicyclic) bond motifs is 1. The number of hydrogen-bond donors (Lipinski definition) is 1. The third kappa shape index (κ3) is 4.10. The third-order valence-corrected chi connectivity index (χ3v) is 6.05. The van der Waals surface area contributed by atoms with Gasteiger partial charge in [-0.3, -0.25) is 4.79 Å². The van der Waals surface area contributed by atoms with Crippen LogP contribution in [0.3, 0.4) is 0 Å². The molecule has 170 valence electrons. The van der Waals surface area contributed by atoms with Gasteiger partial charge in [0.1, 0.15) is 0 Å². The normalized spacial score (nSPS) is 11.2. The smallest absolute Gasteiger partial charge is 0.255 e. The highest BCUT2D eigenvalue weighted by atomic mass is 16.1. The molecule has 5 aromatic rings. The molecule has 0 radical (unpaired) electrons. The van der Waals surface area contributed by atoms with Gasteiger partial charge in [-0.1, -0.05) is 24.3 Å². The van der Waals surface area contributed by atoms with Gasteiger partial charge in [-0.05, 0) is 86.3 Å². The van der Waals surface area contributed by atoms with E-state index in [1.807, 2.05) is 97.0 Å². The zero-order valence-electron chi connectivity index (χ0n) is 19.8. The van der Waals surface area contributed by atoms with Crippen molar-refractivity contribution in [3.63, 3.8) is 0 Å². The minimum absolute atomic E-state index is 0.118. The van der Waals surface area contributed by atoms with Crippen molar-refractivity contribution in [2.24, 2.45) is 0 Å². The van der Waals surface area contributed by atoms with Gasteiger partial charge in [0.05, 0.1) is 11.9 Å². The number of aryl methyl sites for hydroxylation is 4. The first-order chi connectivity index (χ1) is 16.4. The minimum Gasteiger partial charge on any atom is -0.322 e. The molecule has 0 aliphatic rings. The molecule has 34 heavy (non-hydrogen) atoms. The first-order valence-corrected chi connectivity index (χ1v) is 11.3. The Morgan fingerprint density at radius 2 is 1.65 bits per heavy atom. The molecule has 0 atom stereocenters. The number of aromatic nitrogens is 4. The molecular formula is C28H27N5O. The van der Waals surface area contributed by atoms with Crippen LogP contribution in [0.4, 0.5) is 5.69 Å². The topological polar surface area (TPSA) is 64.7 Å². The number of carbonyl (C=O) groups excluding carboxylic acids is 1. The predicted molar refractivity (Wildman–Crippen MR) is 136 cm³/mol. The molecule has 6 nitrogen and oxygen atoms in total. The summed E-state index contributed by atoms with van der Waals surface area (Å²) in [5.41, 5.74) is 7.63. The van der Waals surface area contributed by atoms with Crippen molar-refractivity contribution in [3.05, 3.63) is 107 Å². The van der Waals surface area contributed by atoms with Gasteiger partial charge < -0.3 is 9.88 Å². The van der Waals surface area contributed by atoms with Crippen molar-refractivity contribution in [3.8, 4) is 5.82 Å². The fourth-order valence-electron chi connectivity index (χ4n) is 4.26. The summed E-state index contributed by atoms with van der Waals surface area (Å²) in [7, 11) is 0. The monoisotopic (exact) mass is 449 g/mol. The number of pyridine rings is 1. The summed E-state index contributed by atoms with van der Waals surface area (Å²) < 4.78 is 3.96. The second kappa shape index (κ2) is 8.63. The van der Waals surface area contributed by atoms with Gasteiger partial charge in [-0.25, -0.2) is 9.67 Å². The zero-order valence-corrected chi connectivity index (χ0v) is 19.8. The molecule has 0 spiro atoms. The standard InChI is InChI=1S/C28H27N5O/c1-18-7-8-19(2)24(15-18)30-28(34)23-11-9-22(10-12-23)17-33-26-25(20(3)16-21(4)29-26)27(31-33)32-13-5-6-14-32/h5-16H,17H2,1-4H3,(H,30,34). The predicted octanol–water partition coefficient (Wildman–Crippen LogP) is 5.76. The number of amides is 1. The molecule has 1 amide bonds. The molecule has 6 heteroatoms. The van der Waals surface area contributed by atoms with Gasteiger partial charge in [-0.15, -0.1) is 0 Å². The fraction of sp³-hybridized carbons (Fsp3) is 0.179. The average Bonchev–Trinajstić information content (AvgIpc) is 3.45. The number of benzene rings is 2. The summed E-state index contributed by atoms with van der Waals surface area (Å²) >= 11 is 0. The fourth-order valence-corrected chi connectivity index (χ4v) is 4.26. The number of nitrogens with zero attached hydrogens (tertiary/aromatic N) is 4. The van der Waals surface area contributed by atoms with E-state index in [1.54, 1.807) is 0 Å². The maximum Gasteiger partial charge on any atom is 0.255 e. The van der Waals surface area contributed by atoms with Crippen molar-refractivity contribution >= 4 is 22.6 Å². The Labute approximate surface area is 198 Å². The number of anilines is 1. The van der Waals surface area contributed by atoms with Gasteiger partial charge in [0.15, 0.2) is 11.5 Å². The lowest BCUT2D eigenvalue weighted by atomic mass is 10.1. The Morgan fingerprint density at radius 1 is 0.912 bits per heavy atom. The number of carbonyl (C=O) groups is 1. The van der Waals surface area contributed by atoms with E-state index in [0.29, 0.717) is 12.1 Å². The molecule has 3 heterocycles. The Bertz CT molecular complexity index is 1490. The van der Waals surface area contributed by atoms with Crippen LogP contribution in [0, 0.1) is 27.7 Å². The van der Waals surface area contributed by atoms with E-state index < -0.39 is 0 Å². The second-order valence-corrected chi connectivity index (χ2v) is 8.82. The van der Waals surface area contributed by atoms with Crippen molar-refractivity contribution in [2.75, 3.05) is 5.32 Å². The third-order valence-electron chi connectivity index (χ3n) is 6.05. The first kappa shape index (κ1) is 21.6. The van der Waals surface area contributed by atoms with Crippen LogP contribution in [-0.2, 0) is 6.54 Å². The molecule has 5 rings (SSSR count). The Balaban J connectivity index is 1.43. The highest BCUT2D eigenvalue weighted by molar-refractivity contribution is 6.04. The van der Waals surface area contributed by atoms with E-state index in [9.17, 15) is 4.79 Å². The number of rotatable bonds is 5. The van der Waals surface area contributed by atoms with E-state index in [1.165, 1.54) is 0 Å². The minimum atomic E-state index is -0.118. The summed E-state index contributed by atoms with van der Waals surface area (Å²) in [6.45, 7) is 8.67. The van der Waals surface area contributed by atoms with Crippen LogP contribution >= 0.6 is 0 Å². The first-order valence-electron chi connectivity index (χ1n) is 11.3. The van der Waals surface area contributed by atoms with Gasteiger partial charge in [0, 0.05) is 29.3 Å². The van der Waals surface area contributed by atoms with Crippen LogP contribution in [0.25, 0.3) is 16.9 Å². The highest BCUT2D eigenvalue weighted by Crippen LogP contribution is 2.26. The molecule has 0 bridgehead atoms. The van der Waals surface area contributed by atoms with Gasteiger partial charge >= 0.3 is 0 Å². The lowest BCUT2D eigenvalue weighted by molar-refractivity contribution is 0.102. The summed E-state index contributed by atoms with van der Waals surface area (Å²) in [5, 5.41) is 8.97. The van der Waals surface area contributed by atoms with E-state index >= 15 is 0 Å². The molecule has 3 aromatic heterocycles. The van der Waals surface area contributed by atoms with Crippen molar-refractivity contribution in [1.82, 2.24) is 19.3 Å². The quantitative estimate of drug-likeness (QED) is 0.371. The molecule has 2 aromatic carbocycles. The SMILES string of the molecule is Cc1ccc(C)c(NC(=O)c2ccc(Cn3nc(-n4cccc4)c4c(C)cc(C)nc43)cc2)c1. The van der Waals surface area contributed by atoms with Crippen LogP contribution in [0.5, 0.6) is 0 Å². The van der Waals surface area contributed by atoms with Crippen molar-refractivity contribution in [1.29, 1.82) is 0 Å². The zero-order chi connectivity index (χ0) is 23.8. The molecule has 0 unspecified atom stereocenters. The number of hydrogen-bond acceptors (Lipinski definition) is 3. The Kier molecular flexibility index (Phi) is 5.49. The van der Waals surface area contributed by atoms with Crippen molar-refractivity contribution in [2.45, 2.75) is 34.2 Å². The molecule has 0 aliphatic heterocycles. The largest absolute Gasteiger partial charge is 0.322 e. The molecular weight excluding hydrogens is 422 g/mol. The molecule has 0 saturated carbocycles. The summed E-state index contributed by atoms with van der Waals surface area (Å²) in [4.78, 5) is 17.6. The average molecular weight is 450 g/mol. The number of nitrogens with one attached hydrogen (secondary N) is 1. The van der Waals surface area contributed by atoms with E-state index in [2.05, 4.69) is 18.3 Å². The van der Waals surface area contributed by atoms with Gasteiger partial charge in [-0.2, -0.15) is 5.10 Å².